The molecule has 2 N–H and O–H groups in total. The van der Waals surface area contributed by atoms with Crippen molar-refractivity contribution in [3.8, 4) is 0 Å². The molecule has 23 heavy (non-hydrogen) atoms. The van der Waals surface area contributed by atoms with Gasteiger partial charge in [-0.2, -0.15) is 5.10 Å². The number of aromatic amines is 1. The summed E-state index contributed by atoms with van der Waals surface area (Å²) >= 11 is 1.91. The molecule has 2 aromatic heterocycles. The molecule has 0 unspecified atom stereocenters. The van der Waals surface area contributed by atoms with Crippen LogP contribution in [0.3, 0.4) is 0 Å². The average molecular weight is 326 g/mol. The Morgan fingerprint density at radius 2 is 2.04 bits per heavy atom. The van der Waals surface area contributed by atoms with Crippen molar-refractivity contribution in [2.24, 2.45) is 0 Å². The number of anilines is 2. The molecule has 4 nitrogen and oxygen atoms in total. The van der Waals surface area contributed by atoms with Crippen molar-refractivity contribution in [3.05, 3.63) is 41.2 Å². The van der Waals surface area contributed by atoms with Gasteiger partial charge in [-0.1, -0.05) is 6.92 Å². The van der Waals surface area contributed by atoms with Gasteiger partial charge in [0.25, 0.3) is 0 Å². The standard InChI is InChI=1S/C18H22N4S/c1-5-8-23-17-10-14-15(6-7-19-16(14)9-11(17)2)20-18-12(3)13(4)21-22-18/h6-7,9-10H,5,8H2,1-4H3,(H2,19,20,21,22). The van der Waals surface area contributed by atoms with Gasteiger partial charge in [0.05, 0.1) is 11.2 Å². The van der Waals surface area contributed by atoms with Crippen LogP contribution in [0.25, 0.3) is 10.9 Å². The van der Waals surface area contributed by atoms with Gasteiger partial charge < -0.3 is 5.32 Å². The Morgan fingerprint density at radius 1 is 1.22 bits per heavy atom. The van der Waals surface area contributed by atoms with Gasteiger partial charge in [-0.3, -0.25) is 10.1 Å². The minimum Gasteiger partial charge on any atom is -0.338 e. The second-order valence-electron chi connectivity index (χ2n) is 5.79. The predicted molar refractivity (Wildman–Crippen MR) is 98.8 cm³/mol. The summed E-state index contributed by atoms with van der Waals surface area (Å²) in [6.07, 6.45) is 3.02. The van der Waals surface area contributed by atoms with Gasteiger partial charge in [0, 0.05) is 27.7 Å². The maximum absolute atomic E-state index is 4.52. The molecule has 2 heterocycles. The summed E-state index contributed by atoms with van der Waals surface area (Å²) in [6.45, 7) is 8.46. The lowest BCUT2D eigenvalue weighted by Crippen LogP contribution is -1.96. The van der Waals surface area contributed by atoms with Crippen LogP contribution in [0.15, 0.2) is 29.3 Å². The van der Waals surface area contributed by atoms with Crippen LogP contribution in [0.5, 0.6) is 0 Å². The molecule has 0 saturated carbocycles. The van der Waals surface area contributed by atoms with E-state index in [0.717, 1.165) is 39.4 Å². The third-order valence-electron chi connectivity index (χ3n) is 4.01. The van der Waals surface area contributed by atoms with Crippen LogP contribution >= 0.6 is 11.8 Å². The van der Waals surface area contributed by atoms with E-state index in [1.807, 2.05) is 30.9 Å². The number of fused-ring (bicyclic) bond motifs is 1. The number of nitrogens with zero attached hydrogens (tertiary/aromatic N) is 2. The molecular formula is C18H22N4S. The number of pyridine rings is 1. The van der Waals surface area contributed by atoms with E-state index in [2.05, 4.69) is 53.4 Å². The zero-order valence-electron chi connectivity index (χ0n) is 14.0. The Balaban J connectivity index is 2.04. The highest BCUT2D eigenvalue weighted by Crippen LogP contribution is 2.32. The van der Waals surface area contributed by atoms with Crippen LogP contribution in [0.2, 0.25) is 0 Å². The fourth-order valence-electron chi connectivity index (χ4n) is 2.49. The normalized spacial score (nSPS) is 11.1. The lowest BCUT2D eigenvalue weighted by molar-refractivity contribution is 1.05. The van der Waals surface area contributed by atoms with Gasteiger partial charge in [-0.25, -0.2) is 0 Å². The van der Waals surface area contributed by atoms with Crippen molar-refractivity contribution in [1.29, 1.82) is 0 Å². The van der Waals surface area contributed by atoms with E-state index in [9.17, 15) is 0 Å². The smallest absolute Gasteiger partial charge is 0.155 e. The molecule has 0 saturated heterocycles. The minimum absolute atomic E-state index is 0.873. The Labute approximate surface area is 141 Å². The number of aromatic nitrogens is 3. The molecule has 0 radical (unpaired) electrons. The van der Waals surface area contributed by atoms with Crippen molar-refractivity contribution in [2.45, 2.75) is 39.0 Å². The second-order valence-corrected chi connectivity index (χ2v) is 6.93. The Hall–Kier alpha value is -2.01. The van der Waals surface area contributed by atoms with Crippen molar-refractivity contribution in [1.82, 2.24) is 15.2 Å². The first-order chi connectivity index (χ1) is 11.1. The molecule has 0 fully saturated rings. The van der Waals surface area contributed by atoms with Gasteiger partial charge in [0.1, 0.15) is 0 Å². The average Bonchev–Trinajstić information content (AvgIpc) is 2.85. The van der Waals surface area contributed by atoms with E-state index in [-0.39, 0.29) is 0 Å². The van der Waals surface area contributed by atoms with Gasteiger partial charge >= 0.3 is 0 Å². The molecule has 0 atom stereocenters. The lowest BCUT2D eigenvalue weighted by atomic mass is 10.1. The molecule has 5 heteroatoms. The first kappa shape index (κ1) is 15.9. The van der Waals surface area contributed by atoms with E-state index in [1.54, 1.807) is 0 Å². The zero-order valence-corrected chi connectivity index (χ0v) is 14.8. The summed E-state index contributed by atoms with van der Waals surface area (Å²) in [4.78, 5) is 5.84. The Bertz CT molecular complexity index is 838. The van der Waals surface area contributed by atoms with E-state index in [1.165, 1.54) is 16.9 Å². The highest BCUT2D eigenvalue weighted by atomic mass is 32.2. The topological polar surface area (TPSA) is 53.6 Å². The van der Waals surface area contributed by atoms with Crippen LogP contribution in [0.1, 0.15) is 30.2 Å². The van der Waals surface area contributed by atoms with E-state index >= 15 is 0 Å². The van der Waals surface area contributed by atoms with Gasteiger partial charge in [0.2, 0.25) is 0 Å². The van der Waals surface area contributed by atoms with E-state index < -0.39 is 0 Å². The summed E-state index contributed by atoms with van der Waals surface area (Å²) in [6, 6.07) is 6.42. The molecule has 0 spiro atoms. The SMILES string of the molecule is CCCSc1cc2c(Nc3n[nH]c(C)c3C)ccnc2cc1C. The maximum Gasteiger partial charge on any atom is 0.155 e. The number of hydrogen-bond donors (Lipinski definition) is 2. The largest absolute Gasteiger partial charge is 0.338 e. The summed E-state index contributed by atoms with van der Waals surface area (Å²) < 4.78 is 0. The molecule has 120 valence electrons. The summed E-state index contributed by atoms with van der Waals surface area (Å²) in [7, 11) is 0. The molecular weight excluding hydrogens is 304 g/mol. The summed E-state index contributed by atoms with van der Waals surface area (Å²) in [5, 5.41) is 11.9. The maximum atomic E-state index is 4.52. The monoisotopic (exact) mass is 326 g/mol. The molecule has 3 rings (SSSR count). The number of thioether (sulfide) groups is 1. The molecule has 0 amide bonds. The van der Waals surface area contributed by atoms with Gasteiger partial charge in [0.15, 0.2) is 5.82 Å². The molecule has 0 aliphatic carbocycles. The summed E-state index contributed by atoms with van der Waals surface area (Å²) in [5.74, 6) is 2.01. The zero-order chi connectivity index (χ0) is 16.4. The molecule has 0 aliphatic heterocycles. The van der Waals surface area contributed by atoms with Crippen LogP contribution in [0.4, 0.5) is 11.5 Å². The predicted octanol–water partition coefficient (Wildman–Crippen LogP) is 5.13. The summed E-state index contributed by atoms with van der Waals surface area (Å²) in [5.41, 5.74) is 5.57. The number of aryl methyl sites for hydroxylation is 2. The molecule has 1 aromatic carbocycles. The number of H-pyrrole nitrogens is 1. The number of benzene rings is 1. The second kappa shape index (κ2) is 6.62. The molecule has 3 aromatic rings. The fraction of sp³-hybridized carbons (Fsp3) is 0.333. The van der Waals surface area contributed by atoms with E-state index in [4.69, 9.17) is 0 Å². The van der Waals surface area contributed by atoms with E-state index in [0.29, 0.717) is 0 Å². The minimum atomic E-state index is 0.873. The lowest BCUT2D eigenvalue weighted by Gasteiger charge is -2.11. The number of nitrogens with one attached hydrogen (secondary N) is 2. The van der Waals surface area contributed by atoms with Gasteiger partial charge in [-0.05, 0) is 56.7 Å². The quantitative estimate of drug-likeness (QED) is 0.638. The van der Waals surface area contributed by atoms with Crippen LogP contribution < -0.4 is 5.32 Å². The first-order valence-electron chi connectivity index (χ1n) is 7.91. The number of rotatable bonds is 5. The Morgan fingerprint density at radius 3 is 2.74 bits per heavy atom. The number of hydrogen-bond acceptors (Lipinski definition) is 4. The van der Waals surface area contributed by atoms with Crippen molar-refractivity contribution in [3.63, 3.8) is 0 Å². The van der Waals surface area contributed by atoms with Crippen LogP contribution in [-0.2, 0) is 0 Å². The van der Waals surface area contributed by atoms with Crippen molar-refractivity contribution < 1.29 is 0 Å². The molecule has 0 bridgehead atoms. The van der Waals surface area contributed by atoms with Crippen molar-refractivity contribution in [2.75, 3.05) is 11.1 Å². The van der Waals surface area contributed by atoms with Crippen LogP contribution in [-0.4, -0.2) is 20.9 Å². The highest BCUT2D eigenvalue weighted by Gasteiger charge is 2.10. The fourth-order valence-corrected chi connectivity index (χ4v) is 3.40. The molecule has 0 aliphatic rings. The first-order valence-corrected chi connectivity index (χ1v) is 8.89. The highest BCUT2D eigenvalue weighted by molar-refractivity contribution is 7.99. The third kappa shape index (κ3) is 3.20. The van der Waals surface area contributed by atoms with Crippen molar-refractivity contribution >= 4 is 34.2 Å². The Kier molecular flexibility index (Phi) is 4.57. The van der Waals surface area contributed by atoms with Gasteiger partial charge in [-0.15, -0.1) is 11.8 Å². The van der Waals surface area contributed by atoms with Crippen LogP contribution in [0, 0.1) is 20.8 Å². The third-order valence-corrected chi connectivity index (χ3v) is 5.37.